The second-order valence-electron chi connectivity index (χ2n) is 3.93. The Kier molecular flexibility index (Phi) is 3.38. The van der Waals surface area contributed by atoms with Gasteiger partial charge >= 0.3 is 0 Å². The van der Waals surface area contributed by atoms with Crippen LogP contribution in [0.3, 0.4) is 0 Å². The van der Waals surface area contributed by atoms with Gasteiger partial charge in [-0.15, -0.1) is 0 Å². The molecule has 1 atom stereocenters. The number of hydrogen-bond donors (Lipinski definition) is 1. The number of rotatable bonds is 3. The highest BCUT2D eigenvalue weighted by Gasteiger charge is 2.05. The molecule has 0 aliphatic heterocycles. The van der Waals surface area contributed by atoms with Crippen molar-refractivity contribution in [3.63, 3.8) is 0 Å². The summed E-state index contributed by atoms with van der Waals surface area (Å²) in [7, 11) is 0. The van der Waals surface area contributed by atoms with Crippen molar-refractivity contribution in [2.24, 2.45) is 0 Å². The van der Waals surface area contributed by atoms with Crippen LogP contribution in [0.1, 0.15) is 18.5 Å². The Labute approximate surface area is 99.1 Å². The predicted molar refractivity (Wildman–Crippen MR) is 64.8 cm³/mol. The van der Waals surface area contributed by atoms with Crippen molar-refractivity contribution in [3.8, 4) is 0 Å². The monoisotopic (exact) mass is 233 g/mol. The van der Waals surface area contributed by atoms with Gasteiger partial charge in [0.25, 0.3) is 0 Å². The molecule has 0 aliphatic rings. The molecule has 2 rings (SSSR count). The van der Waals surface area contributed by atoms with Gasteiger partial charge in [0.1, 0.15) is 11.6 Å². The van der Waals surface area contributed by atoms with Crippen LogP contribution in [-0.2, 0) is 0 Å². The summed E-state index contributed by atoms with van der Waals surface area (Å²) in [5.41, 5.74) is 1.66. The van der Waals surface area contributed by atoms with Crippen LogP contribution in [0, 0.1) is 11.6 Å². The minimum Gasteiger partial charge on any atom is -0.378 e. The lowest BCUT2D eigenvalue weighted by molar-refractivity contribution is 0.626. The fourth-order valence-corrected chi connectivity index (χ4v) is 1.66. The Bertz CT molecular complexity index is 494. The van der Waals surface area contributed by atoms with Crippen molar-refractivity contribution in [2.45, 2.75) is 13.0 Å². The number of halogens is 2. The molecule has 1 nitrogen and oxygen atoms in total. The molecule has 17 heavy (non-hydrogen) atoms. The summed E-state index contributed by atoms with van der Waals surface area (Å²) in [6, 6.07) is 12.5. The molecule has 0 amide bonds. The summed E-state index contributed by atoms with van der Waals surface area (Å²) >= 11 is 0. The van der Waals surface area contributed by atoms with Crippen LogP contribution in [-0.4, -0.2) is 0 Å². The zero-order valence-electron chi connectivity index (χ0n) is 9.45. The third-order valence-electron chi connectivity index (χ3n) is 2.58. The SMILES string of the molecule is CC(Nc1cccc(F)c1)c1ccc(F)cc1. The first-order valence-corrected chi connectivity index (χ1v) is 5.43. The first-order chi connectivity index (χ1) is 8.15. The maximum absolute atomic E-state index is 13.0. The van der Waals surface area contributed by atoms with Crippen molar-refractivity contribution in [3.05, 3.63) is 65.7 Å². The van der Waals surface area contributed by atoms with E-state index in [9.17, 15) is 8.78 Å². The van der Waals surface area contributed by atoms with Crippen LogP contribution in [0.15, 0.2) is 48.5 Å². The predicted octanol–water partition coefficient (Wildman–Crippen LogP) is 4.14. The van der Waals surface area contributed by atoms with Crippen molar-refractivity contribution < 1.29 is 8.78 Å². The normalized spacial score (nSPS) is 12.2. The van der Waals surface area contributed by atoms with Gasteiger partial charge in [0.15, 0.2) is 0 Å². The van der Waals surface area contributed by atoms with Gasteiger partial charge in [0.05, 0.1) is 0 Å². The van der Waals surface area contributed by atoms with E-state index in [1.54, 1.807) is 24.3 Å². The van der Waals surface area contributed by atoms with Gasteiger partial charge in [0.2, 0.25) is 0 Å². The molecule has 0 spiro atoms. The van der Waals surface area contributed by atoms with E-state index >= 15 is 0 Å². The Hall–Kier alpha value is -1.90. The molecule has 3 heteroatoms. The first-order valence-electron chi connectivity index (χ1n) is 5.43. The molecule has 2 aromatic rings. The van der Waals surface area contributed by atoms with Crippen LogP contribution in [0.2, 0.25) is 0 Å². The highest BCUT2D eigenvalue weighted by molar-refractivity contribution is 5.45. The summed E-state index contributed by atoms with van der Waals surface area (Å²) in [4.78, 5) is 0. The van der Waals surface area contributed by atoms with Crippen molar-refractivity contribution in [2.75, 3.05) is 5.32 Å². The van der Waals surface area contributed by atoms with E-state index < -0.39 is 0 Å². The van der Waals surface area contributed by atoms with Gasteiger partial charge in [-0.2, -0.15) is 0 Å². The summed E-state index contributed by atoms with van der Waals surface area (Å²) in [6.07, 6.45) is 0. The van der Waals surface area contributed by atoms with E-state index in [4.69, 9.17) is 0 Å². The van der Waals surface area contributed by atoms with E-state index in [1.807, 2.05) is 6.92 Å². The topological polar surface area (TPSA) is 12.0 Å². The second-order valence-corrected chi connectivity index (χ2v) is 3.93. The molecular formula is C14H13F2N. The molecule has 1 unspecified atom stereocenters. The fourth-order valence-electron chi connectivity index (χ4n) is 1.66. The van der Waals surface area contributed by atoms with Gasteiger partial charge in [-0.25, -0.2) is 8.78 Å². The Balaban J connectivity index is 2.11. The lowest BCUT2D eigenvalue weighted by Crippen LogP contribution is -2.06. The van der Waals surface area contributed by atoms with E-state index in [0.717, 1.165) is 5.56 Å². The highest BCUT2D eigenvalue weighted by atomic mass is 19.1. The largest absolute Gasteiger partial charge is 0.378 e. The molecule has 0 saturated carbocycles. The zero-order chi connectivity index (χ0) is 12.3. The summed E-state index contributed by atoms with van der Waals surface area (Å²) in [5, 5.41) is 3.16. The third kappa shape index (κ3) is 3.03. The van der Waals surface area contributed by atoms with Crippen LogP contribution >= 0.6 is 0 Å². The number of hydrogen-bond acceptors (Lipinski definition) is 1. The maximum atomic E-state index is 13.0. The molecule has 0 aromatic heterocycles. The number of nitrogens with one attached hydrogen (secondary N) is 1. The minimum absolute atomic E-state index is 0.00241. The average Bonchev–Trinajstić information content (AvgIpc) is 2.29. The number of anilines is 1. The van der Waals surface area contributed by atoms with Crippen LogP contribution < -0.4 is 5.32 Å². The quantitative estimate of drug-likeness (QED) is 0.840. The smallest absolute Gasteiger partial charge is 0.125 e. The molecule has 0 fully saturated rings. The van der Waals surface area contributed by atoms with Crippen molar-refractivity contribution >= 4 is 5.69 Å². The Morgan fingerprint density at radius 1 is 0.941 bits per heavy atom. The Morgan fingerprint density at radius 2 is 1.65 bits per heavy atom. The molecule has 1 N–H and O–H groups in total. The number of benzene rings is 2. The van der Waals surface area contributed by atoms with Crippen molar-refractivity contribution in [1.82, 2.24) is 0 Å². The van der Waals surface area contributed by atoms with E-state index in [2.05, 4.69) is 5.32 Å². The van der Waals surface area contributed by atoms with E-state index in [-0.39, 0.29) is 17.7 Å². The van der Waals surface area contributed by atoms with Crippen LogP contribution in [0.5, 0.6) is 0 Å². The fraction of sp³-hybridized carbons (Fsp3) is 0.143. The van der Waals surface area contributed by atoms with E-state index in [1.165, 1.54) is 24.3 Å². The minimum atomic E-state index is -0.277. The summed E-state index contributed by atoms with van der Waals surface area (Å²) in [6.45, 7) is 1.94. The zero-order valence-corrected chi connectivity index (χ0v) is 9.45. The molecule has 0 bridgehead atoms. The Morgan fingerprint density at radius 3 is 2.29 bits per heavy atom. The van der Waals surface area contributed by atoms with Crippen LogP contribution in [0.25, 0.3) is 0 Å². The van der Waals surface area contributed by atoms with Crippen LogP contribution in [0.4, 0.5) is 14.5 Å². The van der Waals surface area contributed by atoms with E-state index in [0.29, 0.717) is 5.69 Å². The molecule has 2 aromatic carbocycles. The average molecular weight is 233 g/mol. The summed E-state index contributed by atoms with van der Waals surface area (Å²) < 4.78 is 25.7. The highest BCUT2D eigenvalue weighted by Crippen LogP contribution is 2.19. The molecule has 0 radical (unpaired) electrons. The standard InChI is InChI=1S/C14H13F2N/c1-10(11-5-7-12(15)8-6-11)17-14-4-2-3-13(16)9-14/h2-10,17H,1H3. The molecule has 0 saturated heterocycles. The molecular weight excluding hydrogens is 220 g/mol. The van der Waals surface area contributed by atoms with Gasteiger partial charge in [-0.05, 0) is 42.8 Å². The van der Waals surface area contributed by atoms with Gasteiger partial charge in [-0.3, -0.25) is 0 Å². The maximum Gasteiger partial charge on any atom is 0.125 e. The third-order valence-corrected chi connectivity index (χ3v) is 2.58. The molecule has 0 aliphatic carbocycles. The molecule has 0 heterocycles. The van der Waals surface area contributed by atoms with Gasteiger partial charge < -0.3 is 5.32 Å². The lowest BCUT2D eigenvalue weighted by Gasteiger charge is -2.15. The van der Waals surface area contributed by atoms with Crippen molar-refractivity contribution in [1.29, 1.82) is 0 Å². The first kappa shape index (κ1) is 11.6. The molecule has 88 valence electrons. The van der Waals surface area contributed by atoms with Gasteiger partial charge in [-0.1, -0.05) is 18.2 Å². The second kappa shape index (κ2) is 4.95. The lowest BCUT2D eigenvalue weighted by atomic mass is 10.1. The van der Waals surface area contributed by atoms with Gasteiger partial charge in [0, 0.05) is 11.7 Å². The summed E-state index contributed by atoms with van der Waals surface area (Å²) in [5.74, 6) is -0.534.